The summed E-state index contributed by atoms with van der Waals surface area (Å²) in [7, 11) is 0. The van der Waals surface area contributed by atoms with Gasteiger partial charge in [0.1, 0.15) is 0 Å². The molecule has 116 valence electrons. The van der Waals surface area contributed by atoms with Crippen molar-refractivity contribution in [3.05, 3.63) is 23.8 Å². The largest absolute Gasteiger partial charge is 0.397 e. The lowest BCUT2D eigenvalue weighted by Gasteiger charge is -2.23. The highest BCUT2D eigenvalue weighted by Gasteiger charge is 2.13. The fraction of sp³-hybridized carbons (Fsp3) is 0.562. The average Bonchev–Trinajstić information content (AvgIpc) is 2.50. The van der Waals surface area contributed by atoms with Gasteiger partial charge in [0.05, 0.1) is 17.5 Å². The second-order valence-corrected chi connectivity index (χ2v) is 5.37. The van der Waals surface area contributed by atoms with Gasteiger partial charge in [-0.15, -0.1) is 0 Å². The van der Waals surface area contributed by atoms with Crippen LogP contribution in [0.15, 0.2) is 18.2 Å². The fourth-order valence-electron chi connectivity index (χ4n) is 2.52. The first-order valence-electron chi connectivity index (χ1n) is 7.74. The molecule has 0 aromatic heterocycles. The number of carbonyl (C=O) groups is 1. The van der Waals surface area contributed by atoms with Gasteiger partial charge in [-0.1, -0.05) is 0 Å². The Bertz CT molecular complexity index is 471. The van der Waals surface area contributed by atoms with Crippen LogP contribution in [-0.4, -0.2) is 31.7 Å². The minimum atomic E-state index is -0.0730. The van der Waals surface area contributed by atoms with Crippen molar-refractivity contribution in [3.63, 3.8) is 0 Å². The molecule has 1 unspecified atom stereocenters. The van der Waals surface area contributed by atoms with Gasteiger partial charge in [-0.2, -0.15) is 0 Å². The second-order valence-electron chi connectivity index (χ2n) is 5.37. The standard InChI is InChI=1S/C16H25N3O2/c1-2-18-16(20)12-6-7-14(17)15(11-12)19-9-8-13-5-3-4-10-21-13/h6-7,11,13,19H,2-5,8-10,17H2,1H3,(H,18,20). The molecule has 21 heavy (non-hydrogen) atoms. The fourth-order valence-corrected chi connectivity index (χ4v) is 2.52. The lowest BCUT2D eigenvalue weighted by molar-refractivity contribution is 0.0134. The Morgan fingerprint density at radius 1 is 1.43 bits per heavy atom. The van der Waals surface area contributed by atoms with Crippen LogP contribution in [0, 0.1) is 0 Å². The number of anilines is 2. The van der Waals surface area contributed by atoms with Gasteiger partial charge in [0.2, 0.25) is 0 Å². The highest BCUT2D eigenvalue weighted by atomic mass is 16.5. The maximum Gasteiger partial charge on any atom is 0.251 e. The van der Waals surface area contributed by atoms with Gasteiger partial charge in [-0.3, -0.25) is 4.79 Å². The first-order chi connectivity index (χ1) is 10.2. The summed E-state index contributed by atoms with van der Waals surface area (Å²) in [6.07, 6.45) is 4.87. The molecule has 5 nitrogen and oxygen atoms in total. The Balaban J connectivity index is 1.89. The molecule has 1 heterocycles. The van der Waals surface area contributed by atoms with Crippen molar-refractivity contribution in [2.24, 2.45) is 0 Å². The Morgan fingerprint density at radius 3 is 3.00 bits per heavy atom. The van der Waals surface area contributed by atoms with Gasteiger partial charge >= 0.3 is 0 Å². The summed E-state index contributed by atoms with van der Waals surface area (Å²) in [5, 5.41) is 6.10. The van der Waals surface area contributed by atoms with Crippen molar-refractivity contribution < 1.29 is 9.53 Å². The summed E-state index contributed by atoms with van der Waals surface area (Å²) in [5.74, 6) is -0.0730. The molecule has 0 saturated carbocycles. The molecule has 0 spiro atoms. The average molecular weight is 291 g/mol. The zero-order valence-corrected chi connectivity index (χ0v) is 12.7. The SMILES string of the molecule is CCNC(=O)c1ccc(N)c(NCCC2CCCCO2)c1. The van der Waals surface area contributed by atoms with Gasteiger partial charge in [0.25, 0.3) is 5.91 Å². The van der Waals surface area contributed by atoms with E-state index in [-0.39, 0.29) is 5.91 Å². The number of benzene rings is 1. The van der Waals surface area contributed by atoms with Crippen molar-refractivity contribution >= 4 is 17.3 Å². The van der Waals surface area contributed by atoms with Crippen LogP contribution in [0.2, 0.25) is 0 Å². The highest BCUT2D eigenvalue weighted by Crippen LogP contribution is 2.21. The molecule has 2 rings (SSSR count). The molecule has 1 aromatic rings. The monoisotopic (exact) mass is 291 g/mol. The van der Waals surface area contributed by atoms with E-state index in [2.05, 4.69) is 10.6 Å². The Kier molecular flexibility index (Phi) is 5.87. The Morgan fingerprint density at radius 2 is 2.29 bits per heavy atom. The third kappa shape index (κ3) is 4.63. The van der Waals surface area contributed by atoms with Crippen LogP contribution in [-0.2, 0) is 4.74 Å². The van der Waals surface area contributed by atoms with E-state index in [1.807, 2.05) is 13.0 Å². The molecule has 4 N–H and O–H groups in total. The smallest absolute Gasteiger partial charge is 0.251 e. The van der Waals surface area contributed by atoms with Gasteiger partial charge in [-0.25, -0.2) is 0 Å². The molecule has 1 amide bonds. The summed E-state index contributed by atoms with van der Waals surface area (Å²) in [6, 6.07) is 5.32. The van der Waals surface area contributed by atoms with E-state index >= 15 is 0 Å². The number of hydrogen-bond acceptors (Lipinski definition) is 4. The Hall–Kier alpha value is -1.75. The first kappa shape index (κ1) is 15.6. The normalized spacial score (nSPS) is 18.2. The lowest BCUT2D eigenvalue weighted by Crippen LogP contribution is -2.23. The minimum absolute atomic E-state index is 0.0730. The molecule has 0 bridgehead atoms. The van der Waals surface area contributed by atoms with Crippen molar-refractivity contribution in [1.29, 1.82) is 0 Å². The van der Waals surface area contributed by atoms with E-state index < -0.39 is 0 Å². The maximum absolute atomic E-state index is 11.8. The van der Waals surface area contributed by atoms with Crippen LogP contribution < -0.4 is 16.4 Å². The molecule has 1 aliphatic heterocycles. The van der Waals surface area contributed by atoms with Gasteiger partial charge in [-0.05, 0) is 50.8 Å². The quantitative estimate of drug-likeness (QED) is 0.703. The Labute approximate surface area is 126 Å². The summed E-state index contributed by atoms with van der Waals surface area (Å²) < 4.78 is 5.70. The number of ether oxygens (including phenoxy) is 1. The summed E-state index contributed by atoms with van der Waals surface area (Å²) in [6.45, 7) is 4.19. The molecule has 0 aliphatic carbocycles. The molecule has 1 saturated heterocycles. The molecule has 5 heteroatoms. The van der Waals surface area contributed by atoms with Crippen molar-refractivity contribution in [1.82, 2.24) is 5.32 Å². The number of carbonyl (C=O) groups excluding carboxylic acids is 1. The number of nitrogens with two attached hydrogens (primary N) is 1. The number of hydrogen-bond donors (Lipinski definition) is 3. The van der Waals surface area contributed by atoms with Crippen LogP contribution >= 0.6 is 0 Å². The van der Waals surface area contributed by atoms with Crippen LogP contribution in [0.3, 0.4) is 0 Å². The molecule has 1 atom stereocenters. The van der Waals surface area contributed by atoms with Gasteiger partial charge in [0, 0.05) is 25.3 Å². The van der Waals surface area contributed by atoms with E-state index in [0.29, 0.717) is 23.9 Å². The number of amides is 1. The zero-order valence-electron chi connectivity index (χ0n) is 12.7. The predicted molar refractivity (Wildman–Crippen MR) is 85.6 cm³/mol. The van der Waals surface area contributed by atoms with Crippen LogP contribution in [0.1, 0.15) is 43.0 Å². The van der Waals surface area contributed by atoms with E-state index in [1.54, 1.807) is 12.1 Å². The second kappa shape index (κ2) is 7.88. The third-order valence-electron chi connectivity index (χ3n) is 3.71. The van der Waals surface area contributed by atoms with Crippen molar-refractivity contribution in [3.8, 4) is 0 Å². The number of nitrogens with one attached hydrogen (secondary N) is 2. The van der Waals surface area contributed by atoms with Crippen LogP contribution in [0.5, 0.6) is 0 Å². The van der Waals surface area contributed by atoms with E-state index in [1.165, 1.54) is 12.8 Å². The summed E-state index contributed by atoms with van der Waals surface area (Å²) in [4.78, 5) is 11.8. The van der Waals surface area contributed by atoms with E-state index in [9.17, 15) is 4.79 Å². The topological polar surface area (TPSA) is 76.4 Å². The highest BCUT2D eigenvalue weighted by molar-refractivity contribution is 5.96. The van der Waals surface area contributed by atoms with Gasteiger partial charge < -0.3 is 21.1 Å². The first-order valence-corrected chi connectivity index (χ1v) is 7.74. The number of nitrogen functional groups attached to an aromatic ring is 1. The number of rotatable bonds is 6. The molecular weight excluding hydrogens is 266 g/mol. The van der Waals surface area contributed by atoms with Crippen molar-refractivity contribution in [2.75, 3.05) is 30.7 Å². The molecular formula is C16H25N3O2. The maximum atomic E-state index is 11.8. The molecule has 1 aromatic carbocycles. The van der Waals surface area contributed by atoms with Crippen molar-refractivity contribution in [2.45, 2.75) is 38.7 Å². The van der Waals surface area contributed by atoms with E-state index in [0.717, 1.165) is 31.7 Å². The predicted octanol–water partition coefficient (Wildman–Crippen LogP) is 2.39. The zero-order chi connectivity index (χ0) is 15.1. The molecule has 1 fully saturated rings. The van der Waals surface area contributed by atoms with Crippen LogP contribution in [0.4, 0.5) is 11.4 Å². The minimum Gasteiger partial charge on any atom is -0.397 e. The summed E-state index contributed by atoms with van der Waals surface area (Å²) >= 11 is 0. The molecule has 1 aliphatic rings. The summed E-state index contributed by atoms with van der Waals surface area (Å²) in [5.41, 5.74) is 8.06. The third-order valence-corrected chi connectivity index (χ3v) is 3.71. The lowest BCUT2D eigenvalue weighted by atomic mass is 10.1. The van der Waals surface area contributed by atoms with Gasteiger partial charge in [0.15, 0.2) is 0 Å². The van der Waals surface area contributed by atoms with E-state index in [4.69, 9.17) is 10.5 Å². The molecule has 0 radical (unpaired) electrons. The van der Waals surface area contributed by atoms with Crippen LogP contribution in [0.25, 0.3) is 0 Å².